The highest BCUT2D eigenvalue weighted by Gasteiger charge is 2.51. The zero-order valence-electron chi connectivity index (χ0n) is 27.1. The van der Waals surface area contributed by atoms with Crippen LogP contribution in [0.5, 0.6) is 0 Å². The van der Waals surface area contributed by atoms with Crippen molar-refractivity contribution in [2.24, 2.45) is 17.8 Å². The van der Waals surface area contributed by atoms with Crippen LogP contribution in [0, 0.1) is 24.3 Å². The molecule has 5 heteroatoms. The smallest absolute Gasteiger partial charge is 0.187 e. The summed E-state index contributed by atoms with van der Waals surface area (Å²) in [6.07, 6.45) is 8.44. The summed E-state index contributed by atoms with van der Waals surface area (Å²) < 4.78 is 6.52. The summed E-state index contributed by atoms with van der Waals surface area (Å²) in [5, 5.41) is 2.02. The summed E-state index contributed by atoms with van der Waals surface area (Å²) in [7, 11) is 0. The fourth-order valence-corrected chi connectivity index (χ4v) is 9.70. The number of aromatic nitrogens is 3. The van der Waals surface area contributed by atoms with Crippen LogP contribution in [0.4, 0.5) is 5.69 Å². The van der Waals surface area contributed by atoms with Crippen molar-refractivity contribution in [3.63, 3.8) is 0 Å². The Bertz CT molecular complexity index is 2380. The molecule has 0 aliphatic heterocycles. The van der Waals surface area contributed by atoms with Crippen molar-refractivity contribution >= 4 is 27.6 Å². The summed E-state index contributed by atoms with van der Waals surface area (Å²) in [5.41, 5.74) is 8.99. The summed E-state index contributed by atoms with van der Waals surface area (Å²) >= 11 is 0. The number of rotatable bonds is 5. The Balaban J connectivity index is 1.14. The number of nitrogens with zero attached hydrogens (tertiary/aromatic N) is 4. The van der Waals surface area contributed by atoms with E-state index in [1.54, 1.807) is 0 Å². The Morgan fingerprint density at radius 3 is 1.84 bits per heavy atom. The van der Waals surface area contributed by atoms with E-state index in [9.17, 15) is 0 Å². The molecular weight excluding hydrogens is 601 g/mol. The molecule has 0 saturated heterocycles. The van der Waals surface area contributed by atoms with Crippen molar-refractivity contribution < 1.29 is 4.42 Å². The molecule has 4 fully saturated rings. The molecule has 4 aliphatic carbocycles. The maximum absolute atomic E-state index is 7.41. The lowest BCUT2D eigenvalue weighted by Crippen LogP contribution is -2.48. The molecule has 0 radical (unpaired) electrons. The first-order valence-electron chi connectivity index (χ1n) is 17.5. The predicted octanol–water partition coefficient (Wildman–Crippen LogP) is 11.5. The van der Waals surface area contributed by atoms with Gasteiger partial charge in [0.15, 0.2) is 23.2 Å². The Labute approximate surface area is 285 Å². The molecule has 5 nitrogen and oxygen atoms in total. The average molecular weight is 635 g/mol. The number of fused-ring (bicyclic) bond motifs is 3. The van der Waals surface area contributed by atoms with Crippen LogP contribution in [0.1, 0.15) is 44.1 Å². The summed E-state index contributed by atoms with van der Waals surface area (Å²) in [5.74, 6) is 4.50. The van der Waals surface area contributed by atoms with Crippen LogP contribution in [-0.2, 0) is 5.41 Å². The molecule has 7 aromatic rings. The lowest BCUT2D eigenvalue weighted by Gasteiger charge is -2.57. The molecule has 0 amide bonds. The van der Waals surface area contributed by atoms with Gasteiger partial charge in [-0.1, -0.05) is 97.1 Å². The van der Waals surface area contributed by atoms with E-state index >= 15 is 0 Å². The number of hydrogen-bond acceptors (Lipinski definition) is 4. The molecule has 0 atom stereocenters. The van der Waals surface area contributed by atoms with E-state index in [2.05, 4.69) is 47.3 Å². The number of hydrogen-bond donors (Lipinski definition) is 0. The molecule has 4 saturated carbocycles. The van der Waals surface area contributed by atoms with Crippen molar-refractivity contribution in [3.8, 4) is 45.3 Å². The summed E-state index contributed by atoms with van der Waals surface area (Å²) in [6, 6.07) is 39.5. The van der Waals surface area contributed by atoms with Gasteiger partial charge in [-0.2, -0.15) is 0 Å². The molecule has 49 heavy (non-hydrogen) atoms. The van der Waals surface area contributed by atoms with Crippen LogP contribution < -0.4 is 0 Å². The van der Waals surface area contributed by atoms with Crippen molar-refractivity contribution in [1.29, 1.82) is 0 Å². The minimum atomic E-state index is 0.364. The first-order valence-corrected chi connectivity index (χ1v) is 17.5. The molecule has 0 unspecified atom stereocenters. The van der Waals surface area contributed by atoms with Gasteiger partial charge < -0.3 is 4.42 Å². The van der Waals surface area contributed by atoms with Gasteiger partial charge in [-0.3, -0.25) is 0 Å². The summed E-state index contributed by atoms with van der Waals surface area (Å²) in [4.78, 5) is 18.7. The second kappa shape index (κ2) is 11.0. The second-order valence-corrected chi connectivity index (χ2v) is 14.6. The van der Waals surface area contributed by atoms with Gasteiger partial charge in [-0.15, -0.1) is 0 Å². The van der Waals surface area contributed by atoms with Crippen LogP contribution in [0.3, 0.4) is 0 Å². The monoisotopic (exact) mass is 634 g/mol. The van der Waals surface area contributed by atoms with Gasteiger partial charge in [0.1, 0.15) is 11.2 Å². The topological polar surface area (TPSA) is 56.2 Å². The third kappa shape index (κ3) is 4.77. The Hall–Kier alpha value is -5.60. The lowest BCUT2D eigenvalue weighted by atomic mass is 9.48. The van der Waals surface area contributed by atoms with Crippen LogP contribution in [0.15, 0.2) is 120 Å². The lowest BCUT2D eigenvalue weighted by molar-refractivity contribution is -0.00518. The van der Waals surface area contributed by atoms with Crippen molar-refractivity contribution in [3.05, 3.63) is 132 Å². The van der Waals surface area contributed by atoms with Gasteiger partial charge in [0.25, 0.3) is 0 Å². The van der Waals surface area contributed by atoms with E-state index in [1.165, 1.54) is 44.1 Å². The Morgan fingerprint density at radius 1 is 0.571 bits per heavy atom. The number of para-hydroxylation sites is 1. The van der Waals surface area contributed by atoms with Crippen LogP contribution in [0.2, 0.25) is 0 Å². The van der Waals surface area contributed by atoms with Crippen LogP contribution in [0.25, 0.3) is 72.1 Å². The molecule has 4 bridgehead atoms. The molecule has 236 valence electrons. The normalized spacial score (nSPS) is 22.5. The molecule has 5 aromatic carbocycles. The third-order valence-corrected chi connectivity index (χ3v) is 11.5. The number of furan rings is 1. The maximum atomic E-state index is 7.41. The van der Waals surface area contributed by atoms with Gasteiger partial charge >= 0.3 is 0 Å². The van der Waals surface area contributed by atoms with Gasteiger partial charge in [0.05, 0.1) is 6.57 Å². The maximum Gasteiger partial charge on any atom is 0.187 e. The first-order chi connectivity index (χ1) is 24.1. The predicted molar refractivity (Wildman–Crippen MR) is 195 cm³/mol. The number of benzene rings is 5. The highest BCUT2D eigenvalue weighted by Crippen LogP contribution is 2.60. The highest BCUT2D eigenvalue weighted by atomic mass is 16.3. The van der Waals surface area contributed by atoms with E-state index in [0.717, 1.165) is 67.5 Å². The van der Waals surface area contributed by atoms with Crippen molar-refractivity contribution in [1.82, 2.24) is 15.0 Å². The highest BCUT2D eigenvalue weighted by molar-refractivity contribution is 6.13. The molecule has 0 N–H and O–H groups in total. The van der Waals surface area contributed by atoms with E-state index in [0.29, 0.717) is 28.6 Å². The summed E-state index contributed by atoms with van der Waals surface area (Å²) in [6.45, 7) is 7.41. The first kappa shape index (κ1) is 28.4. The van der Waals surface area contributed by atoms with Crippen molar-refractivity contribution in [2.75, 3.05) is 0 Å². The zero-order chi connectivity index (χ0) is 32.5. The molecule has 0 spiro atoms. The van der Waals surface area contributed by atoms with Gasteiger partial charge in [0.2, 0.25) is 0 Å². The van der Waals surface area contributed by atoms with Crippen LogP contribution >= 0.6 is 0 Å². The Morgan fingerprint density at radius 2 is 1.16 bits per heavy atom. The van der Waals surface area contributed by atoms with E-state index in [-0.39, 0.29) is 0 Å². The standard InChI is InChI=1S/C44H34N4O/c1-45-35-17-13-32(14-18-35)42-46-41(31-7-3-2-4-8-31)47-43(48-42)37-22-33(23-39-40(37)36-9-5-6-10-38(36)49-39)30-11-15-34(16-12-30)44-24-27-19-28(25-44)21-29(20-27)26-44/h2-18,22-23,27-29H,19-21,24-26H2. The molecule has 11 rings (SSSR count). The van der Waals surface area contributed by atoms with Gasteiger partial charge in [-0.25, -0.2) is 19.8 Å². The van der Waals surface area contributed by atoms with Gasteiger partial charge in [-0.05, 0) is 96.6 Å². The Kier molecular flexibility index (Phi) is 6.36. The quantitative estimate of drug-likeness (QED) is 0.177. The minimum absolute atomic E-state index is 0.364. The second-order valence-electron chi connectivity index (χ2n) is 14.6. The molecule has 2 aromatic heterocycles. The van der Waals surface area contributed by atoms with Crippen molar-refractivity contribution in [2.45, 2.75) is 43.9 Å². The van der Waals surface area contributed by atoms with Crippen LogP contribution in [-0.4, -0.2) is 15.0 Å². The fourth-order valence-electron chi connectivity index (χ4n) is 9.70. The van der Waals surface area contributed by atoms with Gasteiger partial charge in [0, 0.05) is 27.5 Å². The average Bonchev–Trinajstić information content (AvgIpc) is 3.53. The third-order valence-electron chi connectivity index (χ3n) is 11.5. The molecule has 2 heterocycles. The fraction of sp³-hybridized carbons (Fsp3) is 0.227. The SMILES string of the molecule is [C-]#[N+]c1ccc(-c2nc(-c3ccccc3)nc(-c3cc(-c4ccc(C56CC7CC(CC(C7)C5)C6)cc4)cc4oc5ccccc5c34)n2)cc1. The van der Waals surface area contributed by atoms with E-state index in [4.69, 9.17) is 25.9 Å². The molecular formula is C44H34N4O. The molecule has 4 aliphatic rings. The van der Waals surface area contributed by atoms with E-state index in [1.807, 2.05) is 72.8 Å². The zero-order valence-corrected chi connectivity index (χ0v) is 27.1. The largest absolute Gasteiger partial charge is 0.456 e. The van der Waals surface area contributed by atoms with E-state index < -0.39 is 0 Å². The minimum Gasteiger partial charge on any atom is -0.456 e.